The van der Waals surface area contributed by atoms with Gasteiger partial charge in [0.05, 0.1) is 0 Å². The van der Waals surface area contributed by atoms with Gasteiger partial charge in [0.2, 0.25) is 0 Å². The van der Waals surface area contributed by atoms with E-state index >= 15 is 0 Å². The van der Waals surface area contributed by atoms with Crippen molar-refractivity contribution < 1.29 is 28.6 Å². The molecule has 2 rings (SSSR count). The largest absolute Gasteiger partial charge is 0.423 e. The lowest BCUT2D eigenvalue weighted by Crippen LogP contribution is -2.09. The van der Waals surface area contributed by atoms with Crippen LogP contribution >= 0.6 is 0 Å². The molecule has 0 aromatic heterocycles. The van der Waals surface area contributed by atoms with E-state index in [1.54, 1.807) is 30.3 Å². The van der Waals surface area contributed by atoms with Gasteiger partial charge in [0, 0.05) is 18.2 Å². The van der Waals surface area contributed by atoms with Gasteiger partial charge in [-0.1, -0.05) is 56.9 Å². The number of carbonyl (C=O) groups excluding carboxylic acids is 3. The number of carbonyl (C=O) groups is 3. The summed E-state index contributed by atoms with van der Waals surface area (Å²) < 4.78 is 15.7. The standard InChI is InChI=1S/C27H26O6/c1-6-10-18(5)27(19-11-14-21(15-12-19)31-24(28)7-2)20-13-16-22(32-25(29)8-3)23(17-20)33-26(30)9-4/h7-9,11-17H,2-4,6,10H2,1,5H3/b27-18-. The number of rotatable bonds is 10. The predicted molar refractivity (Wildman–Crippen MR) is 127 cm³/mol. The molecule has 6 heteroatoms. The van der Waals surface area contributed by atoms with Gasteiger partial charge >= 0.3 is 17.9 Å². The Morgan fingerprint density at radius 2 is 1.27 bits per heavy atom. The lowest BCUT2D eigenvalue weighted by molar-refractivity contribution is -0.131. The van der Waals surface area contributed by atoms with Crippen molar-refractivity contribution in [2.24, 2.45) is 0 Å². The van der Waals surface area contributed by atoms with Gasteiger partial charge in [0.1, 0.15) is 5.75 Å². The molecule has 33 heavy (non-hydrogen) atoms. The predicted octanol–water partition coefficient (Wildman–Crippen LogP) is 5.58. The SMILES string of the molecule is C=CC(=O)Oc1ccc(/C(=C(\C)CCC)c2ccc(OC(=O)C=C)c(OC(=O)C=C)c2)cc1. The Morgan fingerprint density at radius 1 is 0.758 bits per heavy atom. The molecule has 0 saturated heterocycles. The van der Waals surface area contributed by atoms with Crippen LogP contribution in [0.25, 0.3) is 5.57 Å². The summed E-state index contributed by atoms with van der Waals surface area (Å²) in [6.07, 6.45) is 4.89. The van der Waals surface area contributed by atoms with Crippen LogP contribution in [0.1, 0.15) is 37.8 Å². The minimum atomic E-state index is -0.688. The molecule has 0 spiro atoms. The molecule has 0 heterocycles. The smallest absolute Gasteiger partial charge is 0.335 e. The Kier molecular flexibility index (Phi) is 9.12. The third-order valence-electron chi connectivity index (χ3n) is 4.57. The van der Waals surface area contributed by atoms with Crippen LogP contribution in [-0.4, -0.2) is 17.9 Å². The normalized spacial score (nSPS) is 11.0. The van der Waals surface area contributed by atoms with E-state index in [-0.39, 0.29) is 11.5 Å². The van der Waals surface area contributed by atoms with Crippen molar-refractivity contribution in [1.29, 1.82) is 0 Å². The summed E-state index contributed by atoms with van der Waals surface area (Å²) in [4.78, 5) is 35.0. The van der Waals surface area contributed by atoms with Gasteiger partial charge < -0.3 is 14.2 Å². The van der Waals surface area contributed by atoms with Crippen LogP contribution in [0.5, 0.6) is 17.2 Å². The fourth-order valence-electron chi connectivity index (χ4n) is 3.13. The minimum Gasteiger partial charge on any atom is -0.423 e. The van der Waals surface area contributed by atoms with Crippen molar-refractivity contribution >= 4 is 23.5 Å². The second-order valence-electron chi connectivity index (χ2n) is 6.97. The highest BCUT2D eigenvalue weighted by atomic mass is 16.6. The molecule has 170 valence electrons. The number of ether oxygens (including phenoxy) is 3. The van der Waals surface area contributed by atoms with Crippen LogP contribution in [0.15, 0.2) is 86.0 Å². The number of allylic oxidation sites excluding steroid dienone is 1. The highest BCUT2D eigenvalue weighted by Gasteiger charge is 2.16. The zero-order chi connectivity index (χ0) is 24.4. The Bertz CT molecular complexity index is 1110. The monoisotopic (exact) mass is 446 g/mol. The van der Waals surface area contributed by atoms with Crippen LogP contribution in [0.3, 0.4) is 0 Å². The van der Waals surface area contributed by atoms with Crippen molar-refractivity contribution in [3.05, 3.63) is 97.1 Å². The number of hydrogen-bond donors (Lipinski definition) is 0. The van der Waals surface area contributed by atoms with Gasteiger partial charge in [0.15, 0.2) is 11.5 Å². The van der Waals surface area contributed by atoms with Gasteiger partial charge in [-0.15, -0.1) is 0 Å². The molecule has 0 unspecified atom stereocenters. The van der Waals surface area contributed by atoms with E-state index in [9.17, 15) is 14.4 Å². The molecule has 0 bridgehead atoms. The fourth-order valence-corrected chi connectivity index (χ4v) is 3.13. The molecule has 2 aromatic rings. The van der Waals surface area contributed by atoms with E-state index in [1.165, 1.54) is 0 Å². The highest BCUT2D eigenvalue weighted by Crippen LogP contribution is 2.36. The van der Waals surface area contributed by atoms with E-state index in [4.69, 9.17) is 14.2 Å². The summed E-state index contributed by atoms with van der Waals surface area (Å²) in [7, 11) is 0. The molecule has 0 radical (unpaired) electrons. The summed E-state index contributed by atoms with van der Waals surface area (Å²) in [5.41, 5.74) is 3.64. The van der Waals surface area contributed by atoms with Crippen molar-refractivity contribution in [3.63, 3.8) is 0 Å². The molecule has 0 aliphatic rings. The fraction of sp³-hybridized carbons (Fsp3) is 0.148. The molecule has 0 fully saturated rings. The summed E-state index contributed by atoms with van der Waals surface area (Å²) in [5.74, 6) is -1.36. The lowest BCUT2D eigenvalue weighted by Gasteiger charge is -2.16. The van der Waals surface area contributed by atoms with Gasteiger partial charge in [-0.2, -0.15) is 0 Å². The summed E-state index contributed by atoms with van der Waals surface area (Å²) in [5, 5.41) is 0. The summed E-state index contributed by atoms with van der Waals surface area (Å²) in [6, 6.07) is 12.0. The lowest BCUT2D eigenvalue weighted by atomic mass is 9.91. The Morgan fingerprint density at radius 3 is 1.82 bits per heavy atom. The van der Waals surface area contributed by atoms with E-state index in [2.05, 4.69) is 26.7 Å². The van der Waals surface area contributed by atoms with Crippen LogP contribution in [0.4, 0.5) is 0 Å². The molecule has 0 N–H and O–H groups in total. The molecule has 0 aliphatic carbocycles. The molecule has 0 aliphatic heterocycles. The van der Waals surface area contributed by atoms with E-state index in [0.29, 0.717) is 5.75 Å². The van der Waals surface area contributed by atoms with Crippen molar-refractivity contribution in [2.45, 2.75) is 26.7 Å². The van der Waals surface area contributed by atoms with E-state index in [1.807, 2.05) is 19.1 Å². The van der Waals surface area contributed by atoms with Gasteiger partial charge in [-0.25, -0.2) is 14.4 Å². The van der Waals surface area contributed by atoms with Crippen molar-refractivity contribution in [2.75, 3.05) is 0 Å². The summed E-state index contributed by atoms with van der Waals surface area (Å²) in [6.45, 7) is 14.3. The van der Waals surface area contributed by atoms with Gasteiger partial charge in [-0.05, 0) is 54.3 Å². The number of hydrogen-bond acceptors (Lipinski definition) is 6. The van der Waals surface area contributed by atoms with Crippen LogP contribution in [0.2, 0.25) is 0 Å². The maximum Gasteiger partial charge on any atom is 0.335 e. The quantitative estimate of drug-likeness (QED) is 0.269. The first-order valence-electron chi connectivity index (χ1n) is 10.3. The average molecular weight is 446 g/mol. The minimum absolute atomic E-state index is 0.0749. The van der Waals surface area contributed by atoms with Crippen LogP contribution < -0.4 is 14.2 Å². The number of esters is 3. The zero-order valence-electron chi connectivity index (χ0n) is 18.8. The molecule has 0 atom stereocenters. The second kappa shape index (κ2) is 12.0. The second-order valence-corrected chi connectivity index (χ2v) is 6.97. The first-order valence-corrected chi connectivity index (χ1v) is 10.3. The van der Waals surface area contributed by atoms with Crippen molar-refractivity contribution in [1.82, 2.24) is 0 Å². The van der Waals surface area contributed by atoms with Crippen molar-refractivity contribution in [3.8, 4) is 17.2 Å². The number of benzene rings is 2. The average Bonchev–Trinajstić information content (AvgIpc) is 2.81. The molecule has 0 amide bonds. The molecular weight excluding hydrogens is 420 g/mol. The zero-order valence-corrected chi connectivity index (χ0v) is 18.8. The topological polar surface area (TPSA) is 78.9 Å². The van der Waals surface area contributed by atoms with E-state index < -0.39 is 17.9 Å². The molecular formula is C27H26O6. The molecule has 6 nitrogen and oxygen atoms in total. The molecule has 2 aromatic carbocycles. The first-order chi connectivity index (χ1) is 15.8. The molecule has 0 saturated carbocycles. The van der Waals surface area contributed by atoms with Crippen LogP contribution in [-0.2, 0) is 14.4 Å². The Labute approximate surface area is 193 Å². The van der Waals surface area contributed by atoms with Gasteiger partial charge in [0.25, 0.3) is 0 Å². The Balaban J connectivity index is 2.57. The maximum absolute atomic E-state index is 11.9. The highest BCUT2D eigenvalue weighted by molar-refractivity contribution is 5.88. The Hall–Kier alpha value is -4.19. The first kappa shape index (κ1) is 25.1. The van der Waals surface area contributed by atoms with Crippen LogP contribution in [0, 0.1) is 0 Å². The van der Waals surface area contributed by atoms with Gasteiger partial charge in [-0.3, -0.25) is 0 Å². The maximum atomic E-state index is 11.9. The third-order valence-corrected chi connectivity index (χ3v) is 4.57. The third kappa shape index (κ3) is 6.90. The summed E-state index contributed by atoms with van der Waals surface area (Å²) >= 11 is 0. The van der Waals surface area contributed by atoms with E-state index in [0.717, 1.165) is 53.3 Å².